The van der Waals surface area contributed by atoms with Gasteiger partial charge in [-0.2, -0.15) is 13.2 Å². The first kappa shape index (κ1) is 18.3. The Morgan fingerprint density at radius 1 is 1.31 bits per heavy atom. The van der Waals surface area contributed by atoms with Crippen LogP contribution in [0, 0.1) is 0 Å². The highest BCUT2D eigenvalue weighted by atomic mass is 19.4. The zero-order valence-electron chi connectivity index (χ0n) is 14.0. The molecule has 0 bridgehead atoms. The second-order valence-corrected chi connectivity index (χ2v) is 6.16. The highest BCUT2D eigenvalue weighted by molar-refractivity contribution is 5.81. The number of rotatable bonds is 5. The van der Waals surface area contributed by atoms with E-state index in [2.05, 4.69) is 30.4 Å². The van der Waals surface area contributed by atoms with Crippen molar-refractivity contribution in [2.45, 2.75) is 44.6 Å². The van der Waals surface area contributed by atoms with Crippen molar-refractivity contribution in [3.8, 4) is 0 Å². The van der Waals surface area contributed by atoms with Crippen molar-refractivity contribution < 1.29 is 18.0 Å². The Hall–Kier alpha value is -2.49. The number of aromatic amines is 1. The third kappa shape index (κ3) is 4.57. The van der Waals surface area contributed by atoms with Gasteiger partial charge in [-0.1, -0.05) is 6.42 Å². The van der Waals surface area contributed by atoms with Gasteiger partial charge in [-0.05, 0) is 37.1 Å². The van der Waals surface area contributed by atoms with E-state index in [0.29, 0.717) is 13.0 Å². The third-order valence-electron chi connectivity index (χ3n) is 4.27. The van der Waals surface area contributed by atoms with Gasteiger partial charge in [0.2, 0.25) is 5.91 Å². The zero-order valence-corrected chi connectivity index (χ0v) is 14.0. The molecule has 3 rings (SSSR count). The normalized spacial score (nSPS) is 18.7. The van der Waals surface area contributed by atoms with Crippen LogP contribution in [0.25, 0.3) is 0 Å². The molecule has 1 saturated heterocycles. The van der Waals surface area contributed by atoms with Crippen molar-refractivity contribution in [3.63, 3.8) is 0 Å². The van der Waals surface area contributed by atoms with E-state index in [4.69, 9.17) is 0 Å². The van der Waals surface area contributed by atoms with Crippen molar-refractivity contribution in [1.29, 1.82) is 0 Å². The summed E-state index contributed by atoms with van der Waals surface area (Å²) in [6.07, 6.45) is 1.45. The molecule has 140 valence electrons. The Balaban J connectivity index is 1.59. The van der Waals surface area contributed by atoms with E-state index in [1.54, 1.807) is 12.4 Å². The number of H-pyrrole nitrogens is 1. The molecule has 3 heterocycles. The maximum atomic E-state index is 12.5. The predicted molar refractivity (Wildman–Crippen MR) is 85.5 cm³/mol. The van der Waals surface area contributed by atoms with Crippen LogP contribution in [0.1, 0.15) is 36.5 Å². The molecule has 0 aliphatic carbocycles. The summed E-state index contributed by atoms with van der Waals surface area (Å²) >= 11 is 0. The van der Waals surface area contributed by atoms with Gasteiger partial charge in [0.15, 0.2) is 0 Å². The lowest BCUT2D eigenvalue weighted by atomic mass is 10.0. The second-order valence-electron chi connectivity index (χ2n) is 6.16. The Morgan fingerprint density at radius 2 is 2.08 bits per heavy atom. The first-order chi connectivity index (χ1) is 12.4. The van der Waals surface area contributed by atoms with Crippen LogP contribution in [0.5, 0.6) is 0 Å². The molecular formula is C16H19F3N6O. The van der Waals surface area contributed by atoms with Gasteiger partial charge in [-0.25, -0.2) is 4.98 Å². The molecule has 1 fully saturated rings. The monoisotopic (exact) mass is 368 g/mol. The molecule has 0 saturated carbocycles. The van der Waals surface area contributed by atoms with Gasteiger partial charge in [-0.3, -0.25) is 19.8 Å². The molecule has 0 aromatic carbocycles. The van der Waals surface area contributed by atoms with E-state index < -0.39 is 12.0 Å². The first-order valence-electron chi connectivity index (χ1n) is 8.32. The minimum atomic E-state index is -4.61. The lowest BCUT2D eigenvalue weighted by Gasteiger charge is -2.34. The van der Waals surface area contributed by atoms with Crippen LogP contribution in [0.3, 0.4) is 0 Å². The second kappa shape index (κ2) is 7.81. The summed E-state index contributed by atoms with van der Waals surface area (Å²) in [6, 6.07) is 3.48. The van der Waals surface area contributed by atoms with E-state index in [9.17, 15) is 18.0 Å². The molecule has 2 aromatic heterocycles. The van der Waals surface area contributed by atoms with Gasteiger partial charge in [0, 0.05) is 18.9 Å². The SMILES string of the molecule is O=C(NCc1nc(C(F)(F)F)n[nH]1)C1CCCCN1Cc1ccncc1. The highest BCUT2D eigenvalue weighted by Gasteiger charge is 2.36. The van der Waals surface area contributed by atoms with Gasteiger partial charge in [0.05, 0.1) is 12.6 Å². The summed E-state index contributed by atoms with van der Waals surface area (Å²) in [7, 11) is 0. The fraction of sp³-hybridized carbons (Fsp3) is 0.500. The van der Waals surface area contributed by atoms with Gasteiger partial charge in [-0.15, -0.1) is 5.10 Å². The first-order valence-corrected chi connectivity index (χ1v) is 8.32. The number of carbonyl (C=O) groups excluding carboxylic acids is 1. The van der Waals surface area contributed by atoms with Gasteiger partial charge >= 0.3 is 6.18 Å². The van der Waals surface area contributed by atoms with Crippen molar-refractivity contribution in [1.82, 2.24) is 30.4 Å². The topological polar surface area (TPSA) is 86.8 Å². The lowest BCUT2D eigenvalue weighted by molar-refractivity contribution is -0.144. The predicted octanol–water partition coefficient (Wildman–Crippen LogP) is 1.89. The van der Waals surface area contributed by atoms with Gasteiger partial charge < -0.3 is 5.32 Å². The summed E-state index contributed by atoms with van der Waals surface area (Å²) in [4.78, 5) is 21.9. The van der Waals surface area contributed by atoms with E-state index in [1.807, 2.05) is 12.1 Å². The molecule has 7 nitrogen and oxygen atoms in total. The van der Waals surface area contributed by atoms with Crippen LogP contribution in [-0.4, -0.2) is 43.6 Å². The number of hydrogen-bond acceptors (Lipinski definition) is 5. The number of carbonyl (C=O) groups is 1. The van der Waals surface area contributed by atoms with Crippen molar-refractivity contribution in [2.24, 2.45) is 0 Å². The summed E-state index contributed by atoms with van der Waals surface area (Å²) in [5.74, 6) is -1.48. The van der Waals surface area contributed by atoms with Gasteiger partial charge in [0.25, 0.3) is 5.82 Å². The van der Waals surface area contributed by atoms with Crippen LogP contribution in [0.2, 0.25) is 0 Å². The molecule has 2 aromatic rings. The van der Waals surface area contributed by atoms with Crippen LogP contribution in [-0.2, 0) is 24.1 Å². The number of pyridine rings is 1. The molecule has 0 radical (unpaired) electrons. The highest BCUT2D eigenvalue weighted by Crippen LogP contribution is 2.25. The Kier molecular flexibility index (Phi) is 5.50. The van der Waals surface area contributed by atoms with Crippen molar-refractivity contribution >= 4 is 5.91 Å². The van der Waals surface area contributed by atoms with Crippen LogP contribution in [0.4, 0.5) is 13.2 Å². The van der Waals surface area contributed by atoms with E-state index >= 15 is 0 Å². The molecule has 2 N–H and O–H groups in total. The van der Waals surface area contributed by atoms with E-state index in [-0.39, 0.29) is 24.3 Å². The minimum absolute atomic E-state index is 0.0258. The van der Waals surface area contributed by atoms with Crippen LogP contribution < -0.4 is 5.32 Å². The smallest absolute Gasteiger partial charge is 0.347 e. The van der Waals surface area contributed by atoms with E-state index in [0.717, 1.165) is 24.9 Å². The standard InChI is InChI=1S/C16H19F3N6O/c17-16(18,19)15-22-13(23-24-15)9-21-14(26)12-3-1-2-8-25(12)10-11-4-6-20-7-5-11/h4-7,12H,1-3,8-10H2,(H,21,26)(H,22,23,24). The number of piperidine rings is 1. The van der Waals surface area contributed by atoms with Crippen molar-refractivity contribution in [3.05, 3.63) is 41.7 Å². The van der Waals surface area contributed by atoms with E-state index in [1.165, 1.54) is 0 Å². The van der Waals surface area contributed by atoms with Crippen LogP contribution >= 0.6 is 0 Å². The molecule has 1 amide bonds. The van der Waals surface area contributed by atoms with Crippen molar-refractivity contribution in [2.75, 3.05) is 6.54 Å². The average molecular weight is 368 g/mol. The quantitative estimate of drug-likeness (QED) is 0.842. The van der Waals surface area contributed by atoms with Gasteiger partial charge in [0.1, 0.15) is 5.82 Å². The summed E-state index contributed by atoms with van der Waals surface area (Å²) in [5.41, 5.74) is 1.06. The fourth-order valence-electron chi connectivity index (χ4n) is 2.99. The molecule has 1 aliphatic heterocycles. The summed E-state index contributed by atoms with van der Waals surface area (Å²) in [6.45, 7) is 1.30. The lowest BCUT2D eigenvalue weighted by Crippen LogP contribution is -2.48. The number of alkyl halides is 3. The molecule has 26 heavy (non-hydrogen) atoms. The number of halogens is 3. The fourth-order valence-corrected chi connectivity index (χ4v) is 2.99. The number of hydrogen-bond donors (Lipinski definition) is 2. The molecular weight excluding hydrogens is 349 g/mol. The summed E-state index contributed by atoms with van der Waals surface area (Å²) < 4.78 is 37.5. The molecule has 1 unspecified atom stereocenters. The molecule has 1 aliphatic rings. The van der Waals surface area contributed by atoms with Crippen LogP contribution in [0.15, 0.2) is 24.5 Å². The Morgan fingerprint density at radius 3 is 2.77 bits per heavy atom. The maximum Gasteiger partial charge on any atom is 0.453 e. The maximum absolute atomic E-state index is 12.5. The number of amides is 1. The Bertz CT molecular complexity index is 733. The largest absolute Gasteiger partial charge is 0.453 e. The third-order valence-corrected chi connectivity index (χ3v) is 4.27. The number of nitrogens with one attached hydrogen (secondary N) is 2. The number of likely N-dealkylation sites (tertiary alicyclic amines) is 1. The number of nitrogens with zero attached hydrogens (tertiary/aromatic N) is 4. The number of aromatic nitrogens is 4. The molecule has 10 heteroatoms. The molecule has 0 spiro atoms. The minimum Gasteiger partial charge on any atom is -0.347 e. The summed E-state index contributed by atoms with van der Waals surface area (Å²) in [5, 5.41) is 7.98. The Labute approximate surface area is 148 Å². The zero-order chi connectivity index (χ0) is 18.6. The molecule has 1 atom stereocenters. The average Bonchev–Trinajstić information content (AvgIpc) is 3.10.